The van der Waals surface area contributed by atoms with E-state index in [1.807, 2.05) is 78.9 Å². The van der Waals surface area contributed by atoms with Crippen LogP contribution in [0.15, 0.2) is 146 Å². The average Bonchev–Trinajstić information content (AvgIpc) is 3.02. The maximum absolute atomic E-state index is 6.53. The monoisotopic (exact) mass is 532 g/mol. The molecule has 2 N–H and O–H groups in total. The molecule has 40 heavy (non-hydrogen) atoms. The standard InChI is InChI=1S/C36H40N2O2/c1-4-35(40-33-24-15-8-16-25-33)36(38-29(3)31-20-11-6-12-21-31)34(37-28(2)30-18-9-5-10-19-30)26-17-27-39-32-22-13-7-14-23-32/h4-25,27-29,34-38H,1,26H2,2-3H3/b27-17-/t28-,29-,34+,35+,36-/m0/s1. The van der Waals surface area contributed by atoms with Gasteiger partial charge in [-0.3, -0.25) is 0 Å². The predicted octanol–water partition coefficient (Wildman–Crippen LogP) is 8.04. The minimum atomic E-state index is -0.294. The Morgan fingerprint density at radius 3 is 1.65 bits per heavy atom. The van der Waals surface area contributed by atoms with Crippen LogP contribution in [0.25, 0.3) is 0 Å². The zero-order valence-electron chi connectivity index (χ0n) is 23.4. The number of nitrogens with one attached hydrogen (secondary N) is 2. The largest absolute Gasteiger partial charge is 0.485 e. The first-order chi connectivity index (χ1) is 19.6. The quantitative estimate of drug-likeness (QED) is 0.120. The van der Waals surface area contributed by atoms with E-state index in [1.54, 1.807) is 6.26 Å². The van der Waals surface area contributed by atoms with E-state index in [0.29, 0.717) is 6.42 Å². The Kier molecular flexibility index (Phi) is 11.2. The fourth-order valence-electron chi connectivity index (χ4n) is 4.80. The third-order valence-electron chi connectivity index (χ3n) is 6.97. The Bertz CT molecular complexity index is 1280. The molecular formula is C36H40N2O2. The summed E-state index contributed by atoms with van der Waals surface area (Å²) in [6.07, 6.45) is 6.17. The van der Waals surface area contributed by atoms with E-state index in [1.165, 1.54) is 11.1 Å². The molecule has 4 aromatic carbocycles. The molecule has 0 spiro atoms. The molecule has 0 aliphatic heterocycles. The Morgan fingerprint density at radius 1 is 0.650 bits per heavy atom. The Balaban J connectivity index is 1.62. The van der Waals surface area contributed by atoms with Crippen LogP contribution in [0, 0.1) is 0 Å². The van der Waals surface area contributed by atoms with Crippen LogP contribution in [0.5, 0.6) is 11.5 Å². The van der Waals surface area contributed by atoms with Crippen LogP contribution in [0.1, 0.15) is 43.5 Å². The highest BCUT2D eigenvalue weighted by Crippen LogP contribution is 2.23. The Morgan fingerprint density at radius 2 is 1.12 bits per heavy atom. The predicted molar refractivity (Wildman–Crippen MR) is 165 cm³/mol. The molecule has 0 aliphatic carbocycles. The first-order valence-corrected chi connectivity index (χ1v) is 14.0. The fourth-order valence-corrected chi connectivity index (χ4v) is 4.80. The molecule has 0 unspecified atom stereocenters. The van der Waals surface area contributed by atoms with Crippen molar-refractivity contribution in [3.63, 3.8) is 0 Å². The average molecular weight is 533 g/mol. The van der Waals surface area contributed by atoms with Gasteiger partial charge in [0.25, 0.3) is 0 Å². The van der Waals surface area contributed by atoms with Crippen molar-refractivity contribution >= 4 is 0 Å². The summed E-state index contributed by atoms with van der Waals surface area (Å²) in [6.45, 7) is 8.57. The van der Waals surface area contributed by atoms with Crippen molar-refractivity contribution in [1.82, 2.24) is 10.6 Å². The lowest BCUT2D eigenvalue weighted by atomic mass is 9.94. The van der Waals surface area contributed by atoms with Crippen molar-refractivity contribution in [3.05, 3.63) is 157 Å². The van der Waals surface area contributed by atoms with E-state index < -0.39 is 0 Å². The van der Waals surface area contributed by atoms with E-state index >= 15 is 0 Å². The summed E-state index contributed by atoms with van der Waals surface area (Å²) >= 11 is 0. The van der Waals surface area contributed by atoms with Gasteiger partial charge in [-0.2, -0.15) is 0 Å². The van der Waals surface area contributed by atoms with Crippen LogP contribution in [0.3, 0.4) is 0 Å². The summed E-state index contributed by atoms with van der Waals surface area (Å²) in [5.41, 5.74) is 2.44. The lowest BCUT2D eigenvalue weighted by Crippen LogP contribution is -2.56. The molecule has 206 valence electrons. The molecule has 0 radical (unpaired) electrons. The number of ether oxygens (including phenoxy) is 2. The first kappa shape index (κ1) is 28.9. The number of hydrogen-bond acceptors (Lipinski definition) is 4. The summed E-state index contributed by atoms with van der Waals surface area (Å²) in [4.78, 5) is 0. The molecule has 4 rings (SSSR count). The summed E-state index contributed by atoms with van der Waals surface area (Å²) in [5, 5.41) is 7.78. The lowest BCUT2D eigenvalue weighted by Gasteiger charge is -2.37. The Labute approximate surface area is 239 Å². The maximum Gasteiger partial charge on any atom is 0.133 e. The molecule has 0 fully saturated rings. The van der Waals surface area contributed by atoms with Crippen molar-refractivity contribution < 1.29 is 9.47 Å². The van der Waals surface area contributed by atoms with Crippen LogP contribution in [-0.2, 0) is 0 Å². The number of benzene rings is 4. The third-order valence-corrected chi connectivity index (χ3v) is 6.97. The van der Waals surface area contributed by atoms with E-state index in [4.69, 9.17) is 9.47 Å². The fraction of sp³-hybridized carbons (Fsp3) is 0.222. The molecule has 0 bridgehead atoms. The van der Waals surface area contributed by atoms with E-state index in [0.717, 1.165) is 11.5 Å². The third kappa shape index (κ3) is 8.70. The topological polar surface area (TPSA) is 42.5 Å². The van der Waals surface area contributed by atoms with Crippen LogP contribution >= 0.6 is 0 Å². The summed E-state index contributed by atoms with van der Waals surface area (Å²) in [6, 6.07) is 40.8. The minimum absolute atomic E-state index is 0.0105. The Hall–Kier alpha value is -4.12. The number of para-hydroxylation sites is 2. The SMILES string of the molecule is C=C[C@@H](Oc1ccccc1)[C@@H](N[C@@H](C)c1ccccc1)[C@@H](C/C=C\Oc1ccccc1)N[C@@H](C)c1ccccc1. The van der Waals surface area contributed by atoms with E-state index in [-0.39, 0.29) is 30.3 Å². The molecule has 0 aliphatic rings. The van der Waals surface area contributed by atoms with Gasteiger partial charge in [0.1, 0.15) is 17.6 Å². The minimum Gasteiger partial charge on any atom is -0.485 e. The maximum atomic E-state index is 6.53. The van der Waals surface area contributed by atoms with Crippen molar-refractivity contribution in [2.75, 3.05) is 0 Å². The highest BCUT2D eigenvalue weighted by atomic mass is 16.5. The second kappa shape index (κ2) is 15.5. The lowest BCUT2D eigenvalue weighted by molar-refractivity contribution is 0.156. The summed E-state index contributed by atoms with van der Waals surface area (Å²) < 4.78 is 12.4. The summed E-state index contributed by atoms with van der Waals surface area (Å²) in [7, 11) is 0. The van der Waals surface area contributed by atoms with Crippen LogP contribution in [0.4, 0.5) is 0 Å². The highest BCUT2D eigenvalue weighted by molar-refractivity contribution is 5.25. The highest BCUT2D eigenvalue weighted by Gasteiger charge is 2.31. The van der Waals surface area contributed by atoms with E-state index in [9.17, 15) is 0 Å². The molecule has 4 nitrogen and oxygen atoms in total. The molecule has 0 saturated heterocycles. The van der Waals surface area contributed by atoms with Gasteiger partial charge in [0.05, 0.1) is 12.3 Å². The van der Waals surface area contributed by atoms with Crippen LogP contribution in [-0.4, -0.2) is 18.2 Å². The molecule has 4 aromatic rings. The second-order valence-electron chi connectivity index (χ2n) is 9.90. The first-order valence-electron chi connectivity index (χ1n) is 14.0. The normalized spacial score (nSPS) is 15.1. The molecule has 4 heteroatoms. The molecular weight excluding hydrogens is 492 g/mol. The molecule has 0 aromatic heterocycles. The van der Waals surface area contributed by atoms with Gasteiger partial charge in [-0.05, 0) is 67.8 Å². The summed E-state index contributed by atoms with van der Waals surface area (Å²) in [5.74, 6) is 1.62. The molecule has 0 heterocycles. The zero-order valence-corrected chi connectivity index (χ0v) is 23.4. The second-order valence-corrected chi connectivity index (χ2v) is 9.90. The smallest absolute Gasteiger partial charge is 0.133 e. The van der Waals surface area contributed by atoms with Crippen molar-refractivity contribution in [1.29, 1.82) is 0 Å². The van der Waals surface area contributed by atoms with Gasteiger partial charge in [0.15, 0.2) is 0 Å². The van der Waals surface area contributed by atoms with E-state index in [2.05, 4.69) is 85.7 Å². The van der Waals surface area contributed by atoms with Gasteiger partial charge in [0, 0.05) is 18.1 Å². The van der Waals surface area contributed by atoms with Gasteiger partial charge in [0.2, 0.25) is 0 Å². The molecule has 0 amide bonds. The van der Waals surface area contributed by atoms with Gasteiger partial charge in [-0.25, -0.2) is 0 Å². The number of hydrogen-bond donors (Lipinski definition) is 2. The van der Waals surface area contributed by atoms with Gasteiger partial charge in [-0.15, -0.1) is 0 Å². The zero-order chi connectivity index (χ0) is 28.0. The molecule has 5 atom stereocenters. The van der Waals surface area contributed by atoms with Gasteiger partial charge in [-0.1, -0.05) is 104 Å². The molecule has 0 saturated carbocycles. The van der Waals surface area contributed by atoms with Crippen molar-refractivity contribution in [2.45, 2.75) is 50.5 Å². The van der Waals surface area contributed by atoms with Crippen molar-refractivity contribution in [3.8, 4) is 11.5 Å². The number of rotatable bonds is 15. The van der Waals surface area contributed by atoms with Crippen LogP contribution < -0.4 is 20.1 Å². The van der Waals surface area contributed by atoms with Crippen molar-refractivity contribution in [2.24, 2.45) is 0 Å². The van der Waals surface area contributed by atoms with Gasteiger partial charge >= 0.3 is 0 Å². The van der Waals surface area contributed by atoms with Crippen LogP contribution in [0.2, 0.25) is 0 Å². The van der Waals surface area contributed by atoms with Gasteiger partial charge < -0.3 is 20.1 Å².